The number of hydrogen-bond donors (Lipinski definition) is 2. The lowest BCUT2D eigenvalue weighted by Crippen LogP contribution is -2.50. The number of amides is 3. The van der Waals surface area contributed by atoms with Crippen LogP contribution in [0.2, 0.25) is 0 Å². The van der Waals surface area contributed by atoms with E-state index in [0.29, 0.717) is 36.6 Å². The van der Waals surface area contributed by atoms with Crippen LogP contribution in [0.15, 0.2) is 41.9 Å². The normalized spacial score (nSPS) is 15.8. The maximum absolute atomic E-state index is 12.6. The predicted octanol–water partition coefficient (Wildman–Crippen LogP) is 2.14. The molecule has 1 aliphatic heterocycles. The number of rotatable bonds is 5. The number of carbonyl (C=O) groups is 3. The van der Waals surface area contributed by atoms with Gasteiger partial charge in [-0.2, -0.15) is 0 Å². The second-order valence-electron chi connectivity index (χ2n) is 6.48. The van der Waals surface area contributed by atoms with Crippen LogP contribution in [0.25, 0.3) is 0 Å². The molecule has 2 N–H and O–H groups in total. The number of pyridine rings is 1. The SMILES string of the molecule is CC(NC(=O)c1cccs1)C(=O)N1CCC(C(=O)Nc2ccccn2)CC1. The van der Waals surface area contributed by atoms with Crippen LogP contribution in [-0.2, 0) is 9.59 Å². The summed E-state index contributed by atoms with van der Waals surface area (Å²) in [4.78, 5) is 43.4. The Hall–Kier alpha value is -2.74. The summed E-state index contributed by atoms with van der Waals surface area (Å²) in [6.07, 6.45) is 2.81. The van der Waals surface area contributed by atoms with Crippen molar-refractivity contribution in [2.45, 2.75) is 25.8 Å². The molecule has 0 bridgehead atoms. The quantitative estimate of drug-likeness (QED) is 0.824. The van der Waals surface area contributed by atoms with Gasteiger partial charge in [-0.25, -0.2) is 4.98 Å². The molecule has 0 aliphatic carbocycles. The van der Waals surface area contributed by atoms with E-state index in [4.69, 9.17) is 0 Å². The highest BCUT2D eigenvalue weighted by Gasteiger charge is 2.30. The van der Waals surface area contributed by atoms with Gasteiger partial charge in [0, 0.05) is 25.2 Å². The summed E-state index contributed by atoms with van der Waals surface area (Å²) in [5.41, 5.74) is 0. The first-order valence-corrected chi connectivity index (χ1v) is 9.77. The highest BCUT2D eigenvalue weighted by molar-refractivity contribution is 7.12. The van der Waals surface area contributed by atoms with Crippen molar-refractivity contribution in [1.82, 2.24) is 15.2 Å². The highest BCUT2D eigenvalue weighted by Crippen LogP contribution is 2.20. The number of nitrogens with zero attached hydrogens (tertiary/aromatic N) is 2. The van der Waals surface area contributed by atoms with Crippen LogP contribution in [0.5, 0.6) is 0 Å². The van der Waals surface area contributed by atoms with E-state index in [1.165, 1.54) is 11.3 Å². The Morgan fingerprint density at radius 3 is 2.59 bits per heavy atom. The highest BCUT2D eigenvalue weighted by atomic mass is 32.1. The summed E-state index contributed by atoms with van der Waals surface area (Å²) in [5, 5.41) is 7.37. The van der Waals surface area contributed by atoms with E-state index in [0.717, 1.165) is 0 Å². The molecule has 3 heterocycles. The van der Waals surface area contributed by atoms with Crippen molar-refractivity contribution in [1.29, 1.82) is 0 Å². The summed E-state index contributed by atoms with van der Waals surface area (Å²) in [7, 11) is 0. The fourth-order valence-corrected chi connectivity index (χ4v) is 3.67. The van der Waals surface area contributed by atoms with Gasteiger partial charge in [0.25, 0.3) is 5.91 Å². The molecule has 1 atom stereocenters. The summed E-state index contributed by atoms with van der Waals surface area (Å²) < 4.78 is 0. The molecule has 0 aromatic carbocycles. The first kappa shape index (κ1) is 19.0. The molecule has 1 aliphatic rings. The fourth-order valence-electron chi connectivity index (χ4n) is 3.04. The Labute approximate surface area is 161 Å². The number of likely N-dealkylation sites (tertiary alicyclic amines) is 1. The van der Waals surface area contributed by atoms with Crippen molar-refractivity contribution in [3.63, 3.8) is 0 Å². The molecular formula is C19H22N4O3S. The van der Waals surface area contributed by atoms with Crippen LogP contribution in [0.1, 0.15) is 29.4 Å². The van der Waals surface area contributed by atoms with Gasteiger partial charge in [-0.1, -0.05) is 12.1 Å². The van der Waals surface area contributed by atoms with Gasteiger partial charge in [-0.15, -0.1) is 11.3 Å². The summed E-state index contributed by atoms with van der Waals surface area (Å²) >= 11 is 1.34. The molecule has 27 heavy (non-hydrogen) atoms. The molecule has 2 aromatic heterocycles. The molecule has 3 amide bonds. The number of nitrogens with one attached hydrogen (secondary N) is 2. The molecule has 1 unspecified atom stereocenters. The molecule has 0 radical (unpaired) electrons. The van der Waals surface area contributed by atoms with Gasteiger partial charge in [-0.3, -0.25) is 14.4 Å². The molecule has 142 valence electrons. The van der Waals surface area contributed by atoms with Crippen molar-refractivity contribution in [2.24, 2.45) is 5.92 Å². The molecule has 3 rings (SSSR count). The van der Waals surface area contributed by atoms with Crippen LogP contribution < -0.4 is 10.6 Å². The lowest BCUT2D eigenvalue weighted by Gasteiger charge is -2.33. The van der Waals surface area contributed by atoms with E-state index in [9.17, 15) is 14.4 Å². The first-order valence-electron chi connectivity index (χ1n) is 8.89. The average Bonchev–Trinajstić information content (AvgIpc) is 3.23. The molecule has 2 aromatic rings. The number of carbonyl (C=O) groups excluding carboxylic acids is 3. The number of hydrogen-bond acceptors (Lipinski definition) is 5. The van der Waals surface area contributed by atoms with E-state index in [1.54, 1.807) is 42.3 Å². The molecule has 0 saturated carbocycles. The number of anilines is 1. The van der Waals surface area contributed by atoms with Crippen molar-refractivity contribution < 1.29 is 14.4 Å². The summed E-state index contributed by atoms with van der Waals surface area (Å²) in [6.45, 7) is 2.68. The minimum atomic E-state index is -0.599. The predicted molar refractivity (Wildman–Crippen MR) is 103 cm³/mol. The third kappa shape index (κ3) is 4.91. The van der Waals surface area contributed by atoms with Crippen LogP contribution in [0.4, 0.5) is 5.82 Å². The third-order valence-corrected chi connectivity index (χ3v) is 5.43. The largest absolute Gasteiger partial charge is 0.341 e. The molecule has 8 heteroatoms. The second-order valence-corrected chi connectivity index (χ2v) is 7.42. The molecule has 1 fully saturated rings. The Balaban J connectivity index is 1.47. The Bertz CT molecular complexity index is 787. The number of aromatic nitrogens is 1. The Morgan fingerprint density at radius 1 is 1.19 bits per heavy atom. The van der Waals surface area contributed by atoms with Crippen molar-refractivity contribution in [2.75, 3.05) is 18.4 Å². The van der Waals surface area contributed by atoms with E-state index >= 15 is 0 Å². The molecule has 0 spiro atoms. The lowest BCUT2D eigenvalue weighted by molar-refractivity contribution is -0.135. The molecule has 1 saturated heterocycles. The smallest absolute Gasteiger partial charge is 0.261 e. The van der Waals surface area contributed by atoms with E-state index < -0.39 is 6.04 Å². The first-order chi connectivity index (χ1) is 13.0. The molecule has 7 nitrogen and oxygen atoms in total. The average molecular weight is 386 g/mol. The van der Waals surface area contributed by atoms with Gasteiger partial charge >= 0.3 is 0 Å². The standard InChI is InChI=1S/C19H22N4O3S/c1-13(21-18(25)15-5-4-12-27-15)19(26)23-10-7-14(8-11-23)17(24)22-16-6-2-3-9-20-16/h2-6,9,12-14H,7-8,10-11H2,1H3,(H,21,25)(H,20,22,24). The summed E-state index contributed by atoms with van der Waals surface area (Å²) in [5.74, 6) is -0.0446. The fraction of sp³-hybridized carbons (Fsp3) is 0.368. The third-order valence-electron chi connectivity index (χ3n) is 4.56. The van der Waals surface area contributed by atoms with Crippen LogP contribution in [0.3, 0.4) is 0 Å². The van der Waals surface area contributed by atoms with Crippen LogP contribution in [-0.4, -0.2) is 46.7 Å². The van der Waals surface area contributed by atoms with Gasteiger partial charge in [0.05, 0.1) is 4.88 Å². The summed E-state index contributed by atoms with van der Waals surface area (Å²) in [6, 6.07) is 8.27. The van der Waals surface area contributed by atoms with Gasteiger partial charge < -0.3 is 15.5 Å². The zero-order valence-corrected chi connectivity index (χ0v) is 15.9. The maximum Gasteiger partial charge on any atom is 0.261 e. The van der Waals surface area contributed by atoms with Gasteiger partial charge in [0.15, 0.2) is 0 Å². The Kier molecular flexibility index (Phi) is 6.18. The second kappa shape index (κ2) is 8.77. The van der Waals surface area contributed by atoms with Crippen LogP contribution in [0, 0.1) is 5.92 Å². The van der Waals surface area contributed by atoms with Gasteiger partial charge in [0.2, 0.25) is 11.8 Å². The van der Waals surface area contributed by atoms with E-state index in [2.05, 4.69) is 15.6 Å². The lowest BCUT2D eigenvalue weighted by atomic mass is 9.95. The zero-order valence-electron chi connectivity index (χ0n) is 15.1. The van der Waals surface area contributed by atoms with E-state index in [-0.39, 0.29) is 23.6 Å². The number of thiophene rings is 1. The van der Waals surface area contributed by atoms with Crippen molar-refractivity contribution in [3.05, 3.63) is 46.8 Å². The minimum Gasteiger partial charge on any atom is -0.341 e. The van der Waals surface area contributed by atoms with Crippen molar-refractivity contribution in [3.8, 4) is 0 Å². The minimum absolute atomic E-state index is 0.0696. The zero-order chi connectivity index (χ0) is 19.2. The van der Waals surface area contributed by atoms with E-state index in [1.807, 2.05) is 11.4 Å². The van der Waals surface area contributed by atoms with Crippen LogP contribution >= 0.6 is 11.3 Å². The maximum atomic E-state index is 12.6. The monoisotopic (exact) mass is 386 g/mol. The van der Waals surface area contributed by atoms with Gasteiger partial charge in [0.1, 0.15) is 11.9 Å². The Morgan fingerprint density at radius 2 is 1.96 bits per heavy atom. The van der Waals surface area contributed by atoms with Gasteiger partial charge in [-0.05, 0) is 43.3 Å². The van der Waals surface area contributed by atoms with Crippen molar-refractivity contribution >= 4 is 34.9 Å². The molecular weight excluding hydrogens is 364 g/mol. The number of piperidine rings is 1. The topological polar surface area (TPSA) is 91.4 Å².